The second kappa shape index (κ2) is 8.16. The molecule has 7 heteroatoms. The molecule has 0 unspecified atom stereocenters. The number of benzene rings is 2. The van der Waals surface area contributed by atoms with Gasteiger partial charge in [-0.1, -0.05) is 12.1 Å². The number of amides is 1. The first-order chi connectivity index (χ1) is 13.6. The molecule has 2 aliphatic heterocycles. The summed E-state index contributed by atoms with van der Waals surface area (Å²) in [5.41, 5.74) is 1.47. The van der Waals surface area contributed by atoms with Crippen molar-refractivity contribution < 1.29 is 28.5 Å². The van der Waals surface area contributed by atoms with Gasteiger partial charge in [0.1, 0.15) is 38.5 Å². The zero-order valence-electron chi connectivity index (χ0n) is 16.0. The molecule has 0 radical (unpaired) electrons. The Hall–Kier alpha value is -2.64. The van der Waals surface area contributed by atoms with Crippen LogP contribution in [-0.4, -0.2) is 44.9 Å². The summed E-state index contributed by atoms with van der Waals surface area (Å²) in [5.74, 6) is 1.08. The van der Waals surface area contributed by atoms with E-state index in [9.17, 15) is 9.18 Å². The summed E-state index contributed by atoms with van der Waals surface area (Å²) in [6, 6.07) is 12.2. The SMILES string of the molecule is C[C@@H](C(=O)Nc1ccccc1F)[NH+]1CC[NH+](Cc2ccc3c(c2)OCO3)CC1. The van der Waals surface area contributed by atoms with Crippen molar-refractivity contribution in [1.82, 2.24) is 0 Å². The van der Waals surface area contributed by atoms with Gasteiger partial charge in [0.2, 0.25) is 6.79 Å². The van der Waals surface area contributed by atoms with Crippen LogP contribution in [0.15, 0.2) is 42.5 Å². The number of quaternary nitrogens is 2. The van der Waals surface area contributed by atoms with Crippen LogP contribution in [-0.2, 0) is 11.3 Å². The minimum Gasteiger partial charge on any atom is -0.454 e. The van der Waals surface area contributed by atoms with Crippen LogP contribution >= 0.6 is 0 Å². The fourth-order valence-corrected chi connectivity index (χ4v) is 3.86. The van der Waals surface area contributed by atoms with E-state index in [1.807, 2.05) is 13.0 Å². The lowest BCUT2D eigenvalue weighted by molar-refractivity contribution is -1.02. The van der Waals surface area contributed by atoms with Gasteiger partial charge in [-0.05, 0) is 37.3 Å². The van der Waals surface area contributed by atoms with E-state index in [0.717, 1.165) is 44.2 Å². The van der Waals surface area contributed by atoms with Gasteiger partial charge < -0.3 is 24.6 Å². The molecule has 28 heavy (non-hydrogen) atoms. The first-order valence-corrected chi connectivity index (χ1v) is 9.72. The van der Waals surface area contributed by atoms with Crippen molar-refractivity contribution in [3.05, 3.63) is 53.8 Å². The Kier molecular flexibility index (Phi) is 5.45. The predicted octanol–water partition coefficient (Wildman–Crippen LogP) is -0.135. The zero-order valence-corrected chi connectivity index (χ0v) is 16.0. The van der Waals surface area contributed by atoms with Gasteiger partial charge in [0.25, 0.3) is 5.91 Å². The average Bonchev–Trinajstić information content (AvgIpc) is 3.17. The van der Waals surface area contributed by atoms with Crippen LogP contribution in [0.5, 0.6) is 11.5 Å². The number of hydrogen-bond acceptors (Lipinski definition) is 3. The third kappa shape index (κ3) is 4.10. The van der Waals surface area contributed by atoms with E-state index in [1.54, 1.807) is 18.2 Å². The van der Waals surface area contributed by atoms with Crippen LogP contribution in [0, 0.1) is 5.82 Å². The van der Waals surface area contributed by atoms with Gasteiger partial charge in [-0.15, -0.1) is 0 Å². The maximum Gasteiger partial charge on any atom is 0.282 e. The molecule has 1 atom stereocenters. The minimum absolute atomic E-state index is 0.140. The highest BCUT2D eigenvalue weighted by molar-refractivity contribution is 5.93. The number of carbonyl (C=O) groups excluding carboxylic acids is 1. The number of ether oxygens (including phenoxy) is 2. The second-order valence-electron chi connectivity index (χ2n) is 7.46. The topological polar surface area (TPSA) is 56.4 Å². The van der Waals surface area contributed by atoms with Crippen molar-refractivity contribution in [1.29, 1.82) is 0 Å². The van der Waals surface area contributed by atoms with Crippen molar-refractivity contribution >= 4 is 11.6 Å². The van der Waals surface area contributed by atoms with E-state index >= 15 is 0 Å². The molecule has 2 aliphatic rings. The lowest BCUT2D eigenvalue weighted by Gasteiger charge is -2.32. The Labute approximate surface area is 163 Å². The maximum absolute atomic E-state index is 13.8. The maximum atomic E-state index is 13.8. The fraction of sp³-hybridized carbons (Fsp3) is 0.381. The molecular formula is C21H26FN3O3+2. The molecule has 0 aliphatic carbocycles. The average molecular weight is 387 g/mol. The Morgan fingerprint density at radius 3 is 2.64 bits per heavy atom. The number of nitrogens with one attached hydrogen (secondary N) is 3. The van der Waals surface area contributed by atoms with Gasteiger partial charge >= 0.3 is 0 Å². The molecule has 3 N–H and O–H groups in total. The Morgan fingerprint density at radius 1 is 1.11 bits per heavy atom. The highest BCUT2D eigenvalue weighted by Gasteiger charge is 2.31. The molecular weight excluding hydrogens is 361 g/mol. The quantitative estimate of drug-likeness (QED) is 0.670. The lowest BCUT2D eigenvalue weighted by atomic mass is 10.1. The van der Waals surface area contributed by atoms with E-state index in [1.165, 1.54) is 21.4 Å². The number of piperazine rings is 1. The van der Waals surface area contributed by atoms with Gasteiger partial charge in [0.15, 0.2) is 17.5 Å². The summed E-state index contributed by atoms with van der Waals surface area (Å²) in [4.78, 5) is 15.2. The monoisotopic (exact) mass is 387 g/mol. The summed E-state index contributed by atoms with van der Waals surface area (Å²) in [6.07, 6.45) is 0. The third-order valence-electron chi connectivity index (χ3n) is 5.63. The van der Waals surface area contributed by atoms with Crippen LogP contribution in [0.25, 0.3) is 0 Å². The highest BCUT2D eigenvalue weighted by Crippen LogP contribution is 2.32. The molecule has 2 aromatic carbocycles. The van der Waals surface area contributed by atoms with Crippen molar-refractivity contribution in [3.8, 4) is 11.5 Å². The van der Waals surface area contributed by atoms with Crippen LogP contribution in [0.3, 0.4) is 0 Å². The largest absolute Gasteiger partial charge is 0.454 e. The minimum atomic E-state index is -0.406. The summed E-state index contributed by atoms with van der Waals surface area (Å²) < 4.78 is 24.6. The number of hydrogen-bond donors (Lipinski definition) is 3. The number of anilines is 1. The van der Waals surface area contributed by atoms with E-state index in [2.05, 4.69) is 17.4 Å². The number of fused-ring (bicyclic) bond motifs is 1. The number of carbonyl (C=O) groups is 1. The number of para-hydroxylation sites is 1. The molecule has 1 amide bonds. The molecule has 0 aromatic heterocycles. The van der Waals surface area contributed by atoms with E-state index in [0.29, 0.717) is 6.79 Å². The van der Waals surface area contributed by atoms with Gasteiger partial charge in [-0.2, -0.15) is 0 Å². The van der Waals surface area contributed by atoms with Crippen molar-refractivity contribution in [2.24, 2.45) is 0 Å². The first kappa shape index (κ1) is 18.7. The zero-order chi connectivity index (χ0) is 19.5. The Balaban J connectivity index is 1.28. The second-order valence-corrected chi connectivity index (χ2v) is 7.46. The molecule has 2 heterocycles. The van der Waals surface area contributed by atoms with E-state index in [4.69, 9.17) is 9.47 Å². The molecule has 0 spiro atoms. The standard InChI is InChI=1S/C21H24FN3O3/c1-15(21(26)23-18-5-3-2-4-17(18)22)25-10-8-24(9-11-25)13-16-6-7-19-20(12-16)28-14-27-19/h2-7,12,15H,8-11,13-14H2,1H3,(H,23,26)/p+2/t15-/m0/s1. The van der Waals surface area contributed by atoms with Crippen LogP contribution < -0.4 is 24.6 Å². The highest BCUT2D eigenvalue weighted by atomic mass is 19.1. The molecule has 2 aromatic rings. The molecule has 4 rings (SSSR count). The van der Waals surface area contributed by atoms with E-state index in [-0.39, 0.29) is 17.6 Å². The smallest absolute Gasteiger partial charge is 0.282 e. The van der Waals surface area contributed by atoms with Gasteiger partial charge in [0, 0.05) is 5.56 Å². The van der Waals surface area contributed by atoms with Crippen molar-refractivity contribution in [2.75, 3.05) is 38.3 Å². The Bertz CT molecular complexity index is 853. The van der Waals surface area contributed by atoms with E-state index < -0.39 is 5.82 Å². The fourth-order valence-electron chi connectivity index (χ4n) is 3.86. The molecule has 0 saturated carbocycles. The van der Waals surface area contributed by atoms with Crippen LogP contribution in [0.4, 0.5) is 10.1 Å². The van der Waals surface area contributed by atoms with Crippen molar-refractivity contribution in [3.63, 3.8) is 0 Å². The normalized spacial score (nSPS) is 21.9. The lowest BCUT2D eigenvalue weighted by Crippen LogP contribution is -3.29. The summed E-state index contributed by atoms with van der Waals surface area (Å²) in [7, 11) is 0. The number of halogens is 1. The predicted molar refractivity (Wildman–Crippen MR) is 102 cm³/mol. The van der Waals surface area contributed by atoms with Crippen LogP contribution in [0.1, 0.15) is 12.5 Å². The summed E-state index contributed by atoms with van der Waals surface area (Å²) in [5, 5.41) is 2.71. The third-order valence-corrected chi connectivity index (χ3v) is 5.63. The summed E-state index contributed by atoms with van der Waals surface area (Å²) >= 11 is 0. The molecule has 1 fully saturated rings. The van der Waals surface area contributed by atoms with Crippen molar-refractivity contribution in [2.45, 2.75) is 19.5 Å². The molecule has 148 valence electrons. The first-order valence-electron chi connectivity index (χ1n) is 9.72. The van der Waals surface area contributed by atoms with Crippen LogP contribution in [0.2, 0.25) is 0 Å². The number of rotatable bonds is 5. The Morgan fingerprint density at radius 2 is 1.86 bits per heavy atom. The summed E-state index contributed by atoms with van der Waals surface area (Å²) in [6.45, 7) is 6.92. The van der Waals surface area contributed by atoms with Gasteiger partial charge in [-0.3, -0.25) is 4.79 Å². The van der Waals surface area contributed by atoms with Gasteiger partial charge in [0.05, 0.1) is 5.69 Å². The van der Waals surface area contributed by atoms with Gasteiger partial charge in [-0.25, -0.2) is 4.39 Å². The molecule has 1 saturated heterocycles. The molecule has 0 bridgehead atoms. The molecule has 6 nitrogen and oxygen atoms in total.